The van der Waals surface area contributed by atoms with Gasteiger partial charge in [0.05, 0.1) is 0 Å². The maximum Gasteiger partial charge on any atom is 0.341 e. The molecule has 1 aromatic carbocycles. The maximum absolute atomic E-state index is 11.7. The van der Waals surface area contributed by atoms with Crippen molar-refractivity contribution < 1.29 is 19.4 Å². The lowest BCUT2D eigenvalue weighted by atomic mass is 10.1. The van der Waals surface area contributed by atoms with E-state index >= 15 is 0 Å². The van der Waals surface area contributed by atoms with E-state index in [0.717, 1.165) is 0 Å². The Bertz CT molecular complexity index is 500. The lowest BCUT2D eigenvalue weighted by Gasteiger charge is -2.18. The standard InChI is InChI=1S/C14H20N2O4/c1-8(2)9(3)16-12(17)7-20-11-6-4-5-10(15)13(11)14(18)19/h4-6,8-9H,7,15H2,1-3H3,(H,16,17)(H,18,19). The summed E-state index contributed by atoms with van der Waals surface area (Å²) in [6, 6.07) is 4.54. The van der Waals surface area contributed by atoms with E-state index in [-0.39, 0.29) is 35.6 Å². The number of aromatic carboxylic acids is 1. The maximum atomic E-state index is 11.7. The predicted octanol–water partition coefficient (Wildman–Crippen LogP) is 1.51. The van der Waals surface area contributed by atoms with E-state index in [1.807, 2.05) is 20.8 Å². The molecule has 0 aliphatic rings. The van der Waals surface area contributed by atoms with Crippen LogP contribution in [-0.2, 0) is 4.79 Å². The number of carbonyl (C=O) groups excluding carboxylic acids is 1. The summed E-state index contributed by atoms with van der Waals surface area (Å²) in [5.74, 6) is -1.09. The van der Waals surface area contributed by atoms with Gasteiger partial charge in [0, 0.05) is 11.7 Å². The van der Waals surface area contributed by atoms with Crippen molar-refractivity contribution in [1.29, 1.82) is 0 Å². The first kappa shape index (κ1) is 15.8. The molecule has 20 heavy (non-hydrogen) atoms. The molecule has 0 spiro atoms. The van der Waals surface area contributed by atoms with E-state index in [2.05, 4.69) is 5.32 Å². The zero-order valence-electron chi connectivity index (χ0n) is 11.8. The van der Waals surface area contributed by atoms with Gasteiger partial charge in [0.2, 0.25) is 0 Å². The Morgan fingerprint density at radius 1 is 1.35 bits per heavy atom. The second-order valence-corrected chi connectivity index (χ2v) is 4.91. The SMILES string of the molecule is CC(C)C(C)NC(=O)COc1cccc(N)c1C(=O)O. The number of carboxylic acids is 1. The molecule has 0 radical (unpaired) electrons. The van der Waals surface area contributed by atoms with Crippen LogP contribution in [0.25, 0.3) is 0 Å². The molecule has 0 aliphatic heterocycles. The number of benzene rings is 1. The first-order valence-electron chi connectivity index (χ1n) is 6.36. The Morgan fingerprint density at radius 3 is 2.55 bits per heavy atom. The molecular formula is C14H20N2O4. The van der Waals surface area contributed by atoms with Gasteiger partial charge in [-0.3, -0.25) is 4.79 Å². The molecule has 110 valence electrons. The molecule has 4 N–H and O–H groups in total. The predicted molar refractivity (Wildman–Crippen MR) is 75.8 cm³/mol. The Kier molecular flexibility index (Phi) is 5.37. The molecule has 0 saturated carbocycles. The van der Waals surface area contributed by atoms with Crippen LogP contribution in [-0.4, -0.2) is 29.6 Å². The Labute approximate surface area is 117 Å². The largest absolute Gasteiger partial charge is 0.483 e. The van der Waals surface area contributed by atoms with Gasteiger partial charge in [0.25, 0.3) is 5.91 Å². The van der Waals surface area contributed by atoms with Crippen LogP contribution in [0.2, 0.25) is 0 Å². The smallest absolute Gasteiger partial charge is 0.341 e. The van der Waals surface area contributed by atoms with Crippen molar-refractivity contribution in [3.63, 3.8) is 0 Å². The van der Waals surface area contributed by atoms with E-state index in [0.29, 0.717) is 5.92 Å². The second-order valence-electron chi connectivity index (χ2n) is 4.91. The first-order chi connectivity index (χ1) is 9.32. The molecule has 1 rings (SSSR count). The number of nitrogen functional groups attached to an aromatic ring is 1. The van der Waals surface area contributed by atoms with E-state index in [9.17, 15) is 9.59 Å². The molecule has 0 saturated heterocycles. The highest BCUT2D eigenvalue weighted by Crippen LogP contribution is 2.24. The number of rotatable bonds is 6. The van der Waals surface area contributed by atoms with Crippen LogP contribution in [0.5, 0.6) is 5.75 Å². The van der Waals surface area contributed by atoms with Gasteiger partial charge in [-0.2, -0.15) is 0 Å². The summed E-state index contributed by atoms with van der Waals surface area (Å²) in [6.45, 7) is 5.63. The number of nitrogens with two attached hydrogens (primary N) is 1. The zero-order chi connectivity index (χ0) is 15.3. The number of ether oxygens (including phenoxy) is 1. The molecule has 1 unspecified atom stereocenters. The molecule has 0 fully saturated rings. The summed E-state index contributed by atoms with van der Waals surface area (Å²) in [7, 11) is 0. The van der Waals surface area contributed by atoms with Gasteiger partial charge in [-0.25, -0.2) is 4.79 Å². The summed E-state index contributed by atoms with van der Waals surface area (Å²) in [4.78, 5) is 22.8. The average Bonchev–Trinajstić information content (AvgIpc) is 2.35. The van der Waals surface area contributed by atoms with Crippen molar-refractivity contribution in [2.45, 2.75) is 26.8 Å². The summed E-state index contributed by atoms with van der Waals surface area (Å²) >= 11 is 0. The Balaban J connectivity index is 2.69. The van der Waals surface area contributed by atoms with Crippen molar-refractivity contribution in [2.75, 3.05) is 12.3 Å². The van der Waals surface area contributed by atoms with Gasteiger partial charge >= 0.3 is 5.97 Å². The van der Waals surface area contributed by atoms with E-state index < -0.39 is 5.97 Å². The van der Waals surface area contributed by atoms with Crippen LogP contribution in [0, 0.1) is 5.92 Å². The van der Waals surface area contributed by atoms with Crippen LogP contribution in [0.1, 0.15) is 31.1 Å². The van der Waals surface area contributed by atoms with Crippen LogP contribution >= 0.6 is 0 Å². The summed E-state index contributed by atoms with van der Waals surface area (Å²) in [5, 5.41) is 11.8. The number of anilines is 1. The fourth-order valence-corrected chi connectivity index (χ4v) is 1.50. The summed E-state index contributed by atoms with van der Waals surface area (Å²) in [5.41, 5.74) is 5.56. The number of hydrogen-bond acceptors (Lipinski definition) is 4. The first-order valence-corrected chi connectivity index (χ1v) is 6.36. The summed E-state index contributed by atoms with van der Waals surface area (Å²) in [6.07, 6.45) is 0. The molecule has 6 nitrogen and oxygen atoms in total. The van der Waals surface area contributed by atoms with Crippen molar-refractivity contribution >= 4 is 17.6 Å². The van der Waals surface area contributed by atoms with Crippen LogP contribution in [0.4, 0.5) is 5.69 Å². The quantitative estimate of drug-likeness (QED) is 0.685. The minimum absolute atomic E-state index is 0.0193. The molecule has 0 aliphatic carbocycles. The minimum Gasteiger partial charge on any atom is -0.483 e. The highest BCUT2D eigenvalue weighted by molar-refractivity contribution is 5.96. The van der Waals surface area contributed by atoms with Gasteiger partial charge in [-0.15, -0.1) is 0 Å². The minimum atomic E-state index is -1.19. The molecule has 6 heteroatoms. The molecule has 0 bridgehead atoms. The summed E-state index contributed by atoms with van der Waals surface area (Å²) < 4.78 is 5.25. The van der Waals surface area contributed by atoms with E-state index in [1.165, 1.54) is 12.1 Å². The van der Waals surface area contributed by atoms with Gasteiger partial charge in [0.15, 0.2) is 6.61 Å². The number of nitrogens with one attached hydrogen (secondary N) is 1. The van der Waals surface area contributed by atoms with Crippen molar-refractivity contribution in [3.8, 4) is 5.75 Å². The van der Waals surface area contributed by atoms with Crippen molar-refractivity contribution in [1.82, 2.24) is 5.32 Å². The van der Waals surface area contributed by atoms with E-state index in [1.54, 1.807) is 6.07 Å². The van der Waals surface area contributed by atoms with Crippen LogP contribution < -0.4 is 15.8 Å². The third-order valence-electron chi connectivity index (χ3n) is 3.02. The molecule has 1 atom stereocenters. The second kappa shape index (κ2) is 6.79. The molecule has 0 aromatic heterocycles. The van der Waals surface area contributed by atoms with Crippen molar-refractivity contribution in [3.05, 3.63) is 23.8 Å². The monoisotopic (exact) mass is 280 g/mol. The highest BCUT2D eigenvalue weighted by Gasteiger charge is 2.17. The van der Waals surface area contributed by atoms with Gasteiger partial charge in [0.1, 0.15) is 11.3 Å². The topological polar surface area (TPSA) is 102 Å². The van der Waals surface area contributed by atoms with Crippen molar-refractivity contribution in [2.24, 2.45) is 5.92 Å². The fraction of sp³-hybridized carbons (Fsp3) is 0.429. The average molecular weight is 280 g/mol. The number of hydrogen-bond donors (Lipinski definition) is 3. The normalized spacial score (nSPS) is 12.0. The molecule has 1 amide bonds. The molecule has 0 heterocycles. The van der Waals surface area contributed by atoms with Crippen LogP contribution in [0.15, 0.2) is 18.2 Å². The number of carbonyl (C=O) groups is 2. The highest BCUT2D eigenvalue weighted by atomic mass is 16.5. The lowest BCUT2D eigenvalue weighted by molar-refractivity contribution is -0.124. The third-order valence-corrected chi connectivity index (χ3v) is 3.02. The van der Waals surface area contributed by atoms with Gasteiger partial charge < -0.3 is 20.9 Å². The zero-order valence-corrected chi connectivity index (χ0v) is 11.8. The molecular weight excluding hydrogens is 260 g/mol. The Hall–Kier alpha value is -2.24. The van der Waals surface area contributed by atoms with Gasteiger partial charge in [-0.05, 0) is 25.0 Å². The fourth-order valence-electron chi connectivity index (χ4n) is 1.50. The van der Waals surface area contributed by atoms with Gasteiger partial charge in [-0.1, -0.05) is 19.9 Å². The molecule has 1 aromatic rings. The lowest BCUT2D eigenvalue weighted by Crippen LogP contribution is -2.39. The third kappa shape index (κ3) is 4.15. The van der Waals surface area contributed by atoms with Crippen LogP contribution in [0.3, 0.4) is 0 Å². The number of amides is 1. The Morgan fingerprint density at radius 2 is 2.00 bits per heavy atom. The van der Waals surface area contributed by atoms with E-state index in [4.69, 9.17) is 15.6 Å². The number of carboxylic acid groups (broad SMARTS) is 1.